The number of amides is 1. The lowest BCUT2D eigenvalue weighted by Crippen LogP contribution is -2.33. The van der Waals surface area contributed by atoms with Crippen molar-refractivity contribution in [2.45, 2.75) is 51.0 Å². The Morgan fingerprint density at radius 1 is 0.667 bits per heavy atom. The number of nitrogens with two attached hydrogens (primary N) is 1. The van der Waals surface area contributed by atoms with E-state index in [1.165, 1.54) is 7.11 Å². The highest BCUT2D eigenvalue weighted by molar-refractivity contribution is 6.44. The summed E-state index contributed by atoms with van der Waals surface area (Å²) in [6.45, 7) is 6.75. The number of methoxy groups -OCH3 is 4. The molecular weight excluding hydrogens is 964 g/mol. The third-order valence-electron chi connectivity index (χ3n) is 8.98. The summed E-state index contributed by atoms with van der Waals surface area (Å²) in [7, 11) is 6.30. The zero-order valence-corrected chi connectivity index (χ0v) is 40.6. The molecule has 330 valence electrons. The van der Waals surface area contributed by atoms with Crippen LogP contribution >= 0.6 is 105 Å². The average molecular weight is 1010 g/mol. The van der Waals surface area contributed by atoms with Gasteiger partial charge in [-0.05, 0) is 112 Å². The van der Waals surface area contributed by atoms with E-state index in [-0.39, 0.29) is 28.9 Å². The summed E-state index contributed by atoms with van der Waals surface area (Å²) in [5.41, 5.74) is 7.35. The van der Waals surface area contributed by atoms with Gasteiger partial charge in [-0.3, -0.25) is 4.79 Å². The van der Waals surface area contributed by atoms with Crippen LogP contribution in [0.1, 0.15) is 66.9 Å². The normalized spacial score (nSPS) is 17.0. The SMILES string of the molecule is COc1ccc(Cl)c(Cl)c1.COc1ccc(Cl)c(Cl)c1C1CC1CN.COc1ccc(Cl)c(Cl)c1C1CC1CNC(=O)OC(C)(C)C.COc1ccc(Cl)c(Cl)c1C=O.Cl. The number of alkyl carbamates (subject to hydrolysis) is 1. The predicted molar refractivity (Wildman–Crippen MR) is 250 cm³/mol. The van der Waals surface area contributed by atoms with E-state index in [1.807, 2.05) is 32.9 Å². The first-order chi connectivity index (χ1) is 27.8. The molecule has 3 N–H and O–H groups in total. The minimum absolute atomic E-state index is 0. The Bertz CT molecular complexity index is 2070. The van der Waals surface area contributed by atoms with Crippen LogP contribution in [0.2, 0.25) is 40.2 Å². The number of aldehydes is 1. The van der Waals surface area contributed by atoms with Gasteiger partial charge in [0.15, 0.2) is 6.29 Å². The van der Waals surface area contributed by atoms with E-state index in [1.54, 1.807) is 63.8 Å². The Hall–Kier alpha value is -2.41. The molecule has 1 amide bonds. The molecule has 4 aromatic carbocycles. The highest BCUT2D eigenvalue weighted by Crippen LogP contribution is 2.54. The molecule has 6 rings (SSSR count). The van der Waals surface area contributed by atoms with Crippen molar-refractivity contribution in [3.8, 4) is 23.0 Å². The molecule has 18 heteroatoms. The largest absolute Gasteiger partial charge is 0.497 e. The van der Waals surface area contributed by atoms with Crippen LogP contribution in [0.4, 0.5) is 4.79 Å². The Labute approximate surface area is 398 Å². The number of hydrogen-bond donors (Lipinski definition) is 2. The number of benzene rings is 4. The maximum absolute atomic E-state index is 11.7. The Morgan fingerprint density at radius 3 is 1.53 bits per heavy atom. The third-order valence-corrected chi connectivity index (χ3v) is 12.2. The molecule has 0 spiro atoms. The molecule has 9 nitrogen and oxygen atoms in total. The van der Waals surface area contributed by atoms with Crippen LogP contribution in [0.3, 0.4) is 0 Å². The van der Waals surface area contributed by atoms with Crippen LogP contribution in [0.5, 0.6) is 23.0 Å². The highest BCUT2D eigenvalue weighted by Gasteiger charge is 2.42. The van der Waals surface area contributed by atoms with Crippen LogP contribution in [-0.4, -0.2) is 59.5 Å². The zero-order chi connectivity index (χ0) is 44.2. The number of rotatable bonds is 10. The van der Waals surface area contributed by atoms with Crippen LogP contribution in [0.15, 0.2) is 54.6 Å². The predicted octanol–water partition coefficient (Wildman–Crippen LogP) is 13.9. The second kappa shape index (κ2) is 25.0. The van der Waals surface area contributed by atoms with Crippen molar-refractivity contribution in [3.05, 3.63) is 111 Å². The van der Waals surface area contributed by atoms with Gasteiger partial charge in [0.2, 0.25) is 0 Å². The molecule has 2 aliphatic carbocycles. The van der Waals surface area contributed by atoms with E-state index >= 15 is 0 Å². The van der Waals surface area contributed by atoms with Crippen molar-refractivity contribution < 1.29 is 33.3 Å². The van der Waals surface area contributed by atoms with Gasteiger partial charge < -0.3 is 34.7 Å². The van der Waals surface area contributed by atoms with Crippen LogP contribution in [-0.2, 0) is 4.74 Å². The molecule has 4 aromatic rings. The first-order valence-electron chi connectivity index (χ1n) is 18.0. The summed E-state index contributed by atoms with van der Waals surface area (Å²) in [6.07, 6.45) is 2.23. The van der Waals surface area contributed by atoms with Crippen molar-refractivity contribution in [3.63, 3.8) is 0 Å². The molecule has 2 fully saturated rings. The molecule has 0 radical (unpaired) electrons. The Kier molecular flexibility index (Phi) is 22.4. The summed E-state index contributed by atoms with van der Waals surface area (Å²) in [4.78, 5) is 22.2. The summed E-state index contributed by atoms with van der Waals surface area (Å²) in [5, 5.41) is 6.66. The van der Waals surface area contributed by atoms with Crippen molar-refractivity contribution in [2.75, 3.05) is 41.5 Å². The maximum Gasteiger partial charge on any atom is 0.407 e. The molecule has 0 heterocycles. The summed E-state index contributed by atoms with van der Waals surface area (Å²) >= 11 is 47.3. The van der Waals surface area contributed by atoms with Crippen molar-refractivity contribution in [2.24, 2.45) is 17.6 Å². The Morgan fingerprint density at radius 2 is 1.12 bits per heavy atom. The van der Waals surface area contributed by atoms with Crippen LogP contribution in [0.25, 0.3) is 0 Å². The number of carbonyl (C=O) groups is 2. The van der Waals surface area contributed by atoms with E-state index in [4.69, 9.17) is 122 Å². The van der Waals surface area contributed by atoms with Crippen molar-refractivity contribution in [1.29, 1.82) is 0 Å². The van der Waals surface area contributed by atoms with E-state index < -0.39 is 11.7 Å². The smallest absolute Gasteiger partial charge is 0.407 e. The van der Waals surface area contributed by atoms with Gasteiger partial charge in [0.05, 0.1) is 74.2 Å². The first-order valence-corrected chi connectivity index (χ1v) is 21.0. The van der Waals surface area contributed by atoms with Gasteiger partial charge in [0.25, 0.3) is 0 Å². The number of ether oxygens (including phenoxy) is 5. The molecule has 2 aliphatic rings. The van der Waals surface area contributed by atoms with Crippen molar-refractivity contribution in [1.82, 2.24) is 5.32 Å². The van der Waals surface area contributed by atoms with Crippen LogP contribution < -0.4 is 30.0 Å². The molecule has 4 unspecified atom stereocenters. The fraction of sp³-hybridized carbons (Fsp3) is 0.381. The summed E-state index contributed by atoms with van der Waals surface area (Å²) in [6, 6.07) is 15.5. The standard InChI is InChI=1S/C16H21Cl2NO3.C11H13Cl2NO.C8H6Cl2O2.C7H6Cl2O.ClH/c1-16(2,3)22-15(20)19-8-9-7-10(9)13-12(21-4)6-5-11(17)14(13)18;1-15-9-3-2-8(12)11(13)10(9)7-4-6(7)5-14;1-12-7-3-2-6(9)8(10)5(7)4-11;1-10-5-2-3-6(8)7(9)4-5;/h5-6,9-10H,7-8H2,1-4H3,(H,19,20);2-3,6-7H,4-5,14H2,1H3;2-4H,1H3;2-4H,1H3;1H. The molecular formula is C42H47Cl9N2O7. The summed E-state index contributed by atoms with van der Waals surface area (Å²) in [5.74, 6) is 4.19. The average Bonchev–Trinajstić information content (AvgIpc) is 4.14. The second-order valence-corrected chi connectivity index (χ2v) is 17.3. The van der Waals surface area contributed by atoms with E-state index in [0.717, 1.165) is 41.2 Å². The van der Waals surface area contributed by atoms with Crippen LogP contribution in [0, 0.1) is 11.8 Å². The molecule has 0 aromatic heterocycles. The number of halogens is 9. The number of carbonyl (C=O) groups excluding carboxylic acids is 2. The minimum Gasteiger partial charge on any atom is -0.497 e. The summed E-state index contributed by atoms with van der Waals surface area (Å²) < 4.78 is 25.7. The number of nitrogens with one attached hydrogen (secondary N) is 1. The lowest BCUT2D eigenvalue weighted by atomic mass is 10.1. The van der Waals surface area contributed by atoms with E-state index in [9.17, 15) is 9.59 Å². The lowest BCUT2D eigenvalue weighted by molar-refractivity contribution is 0.0525. The fourth-order valence-corrected chi connectivity index (χ4v) is 7.38. The molecule has 4 atom stereocenters. The topological polar surface area (TPSA) is 118 Å². The van der Waals surface area contributed by atoms with Gasteiger partial charge in [-0.25, -0.2) is 4.79 Å². The maximum atomic E-state index is 11.7. The molecule has 0 bridgehead atoms. The van der Waals surface area contributed by atoms with E-state index in [2.05, 4.69) is 5.32 Å². The van der Waals surface area contributed by atoms with Gasteiger partial charge in [-0.1, -0.05) is 92.8 Å². The van der Waals surface area contributed by atoms with Crippen molar-refractivity contribution >= 4 is 118 Å². The van der Waals surface area contributed by atoms with E-state index in [0.29, 0.717) is 78.0 Å². The minimum atomic E-state index is -0.494. The van der Waals surface area contributed by atoms with Gasteiger partial charge >= 0.3 is 6.09 Å². The fourth-order valence-electron chi connectivity index (χ4n) is 5.80. The highest BCUT2D eigenvalue weighted by atomic mass is 35.5. The monoisotopic (exact) mass is 1010 g/mol. The second-order valence-electron chi connectivity index (χ2n) is 14.2. The van der Waals surface area contributed by atoms with Gasteiger partial charge in [-0.15, -0.1) is 12.4 Å². The lowest BCUT2D eigenvalue weighted by Gasteiger charge is -2.19. The van der Waals surface area contributed by atoms with Gasteiger partial charge in [0.1, 0.15) is 28.6 Å². The molecule has 2 saturated carbocycles. The molecule has 60 heavy (non-hydrogen) atoms. The first kappa shape index (κ1) is 53.7. The molecule has 0 aliphatic heterocycles. The zero-order valence-electron chi connectivity index (χ0n) is 33.8. The molecule has 0 saturated heterocycles. The van der Waals surface area contributed by atoms with Gasteiger partial charge in [0, 0.05) is 23.7 Å². The van der Waals surface area contributed by atoms with Gasteiger partial charge in [-0.2, -0.15) is 0 Å². The third kappa shape index (κ3) is 15.4. The quantitative estimate of drug-likeness (QED) is 0.151. The Balaban J connectivity index is 0.000000287. The number of hydrogen-bond acceptors (Lipinski definition) is 8.